The molecule has 1 aromatic heterocycles. The van der Waals surface area contributed by atoms with Crippen molar-refractivity contribution < 1.29 is 9.59 Å². The third-order valence-electron chi connectivity index (χ3n) is 2.77. The lowest BCUT2D eigenvalue weighted by Gasteiger charge is -2.09. The Labute approximate surface area is 134 Å². The van der Waals surface area contributed by atoms with Gasteiger partial charge in [-0.1, -0.05) is 6.07 Å². The van der Waals surface area contributed by atoms with Crippen molar-refractivity contribution in [3.05, 3.63) is 42.1 Å². The van der Waals surface area contributed by atoms with Gasteiger partial charge in [-0.25, -0.2) is 0 Å². The van der Waals surface area contributed by atoms with Gasteiger partial charge in [-0.3, -0.25) is 9.59 Å². The summed E-state index contributed by atoms with van der Waals surface area (Å²) in [7, 11) is 0. The topological polar surface area (TPSA) is 96.0 Å². The third kappa shape index (κ3) is 5.06. The smallest absolute Gasteiger partial charge is 0.276 e. The van der Waals surface area contributed by atoms with E-state index in [-0.39, 0.29) is 23.6 Å². The lowest BCUT2D eigenvalue weighted by molar-refractivity contribution is -0.114. The monoisotopic (exact) mass is 313 g/mol. The third-order valence-corrected chi connectivity index (χ3v) is 2.77. The van der Waals surface area contributed by atoms with Crippen molar-refractivity contribution >= 4 is 29.0 Å². The van der Waals surface area contributed by atoms with E-state index in [0.717, 1.165) is 0 Å². The summed E-state index contributed by atoms with van der Waals surface area (Å²) >= 11 is 0. The molecule has 120 valence electrons. The molecule has 0 unspecified atom stereocenters. The average Bonchev–Trinajstić information content (AvgIpc) is 2.47. The molecule has 0 saturated heterocycles. The average molecular weight is 313 g/mol. The van der Waals surface area contributed by atoms with E-state index in [1.165, 1.54) is 6.92 Å². The second-order valence-electron chi connectivity index (χ2n) is 5.32. The second kappa shape index (κ2) is 7.35. The normalized spacial score (nSPS) is 10.3. The number of nitrogens with zero attached hydrogens (tertiary/aromatic N) is 2. The van der Waals surface area contributed by atoms with Gasteiger partial charge < -0.3 is 16.0 Å². The van der Waals surface area contributed by atoms with E-state index < -0.39 is 0 Å². The first-order valence-corrected chi connectivity index (χ1v) is 7.23. The lowest BCUT2D eigenvalue weighted by Crippen LogP contribution is -2.16. The molecular weight excluding hydrogens is 294 g/mol. The zero-order valence-electron chi connectivity index (χ0n) is 13.3. The van der Waals surface area contributed by atoms with Crippen LogP contribution < -0.4 is 16.0 Å². The van der Waals surface area contributed by atoms with Crippen LogP contribution >= 0.6 is 0 Å². The Morgan fingerprint density at radius 2 is 1.70 bits per heavy atom. The van der Waals surface area contributed by atoms with Crippen molar-refractivity contribution in [3.8, 4) is 0 Å². The lowest BCUT2D eigenvalue weighted by atomic mass is 10.2. The molecule has 3 N–H and O–H groups in total. The van der Waals surface area contributed by atoms with Crippen LogP contribution in [0, 0.1) is 0 Å². The van der Waals surface area contributed by atoms with Gasteiger partial charge in [0.15, 0.2) is 5.69 Å². The van der Waals surface area contributed by atoms with E-state index in [1.54, 1.807) is 36.4 Å². The molecule has 2 amide bonds. The van der Waals surface area contributed by atoms with E-state index in [2.05, 4.69) is 26.1 Å². The van der Waals surface area contributed by atoms with Gasteiger partial charge >= 0.3 is 0 Å². The maximum atomic E-state index is 12.2. The number of benzene rings is 1. The minimum atomic E-state index is -0.367. The van der Waals surface area contributed by atoms with Crippen LogP contribution in [0.2, 0.25) is 0 Å². The van der Waals surface area contributed by atoms with Crippen molar-refractivity contribution in [1.29, 1.82) is 0 Å². The predicted octanol–water partition coefficient (Wildman–Crippen LogP) is 2.51. The molecule has 0 radical (unpaired) electrons. The van der Waals surface area contributed by atoms with Crippen LogP contribution in [0.25, 0.3) is 0 Å². The molecule has 0 aliphatic rings. The van der Waals surface area contributed by atoms with Gasteiger partial charge in [-0.05, 0) is 44.2 Å². The summed E-state index contributed by atoms with van der Waals surface area (Å²) in [4.78, 5) is 23.2. The number of aromatic nitrogens is 2. The van der Waals surface area contributed by atoms with Crippen LogP contribution in [0.15, 0.2) is 36.4 Å². The number of rotatable bonds is 5. The number of amides is 2. The summed E-state index contributed by atoms with van der Waals surface area (Å²) in [6, 6.07) is 10.4. The molecule has 0 atom stereocenters. The highest BCUT2D eigenvalue weighted by Crippen LogP contribution is 2.16. The number of hydrogen-bond acceptors (Lipinski definition) is 5. The summed E-state index contributed by atoms with van der Waals surface area (Å²) < 4.78 is 0. The van der Waals surface area contributed by atoms with Crippen LogP contribution in [0.4, 0.5) is 17.2 Å². The fraction of sp³-hybridized carbons (Fsp3) is 0.250. The van der Waals surface area contributed by atoms with Gasteiger partial charge in [0.25, 0.3) is 5.91 Å². The van der Waals surface area contributed by atoms with Crippen LogP contribution in [0.1, 0.15) is 31.3 Å². The summed E-state index contributed by atoms with van der Waals surface area (Å²) in [5.41, 5.74) is 1.38. The largest absolute Gasteiger partial charge is 0.366 e. The molecule has 1 aromatic carbocycles. The number of hydrogen-bond donors (Lipinski definition) is 3. The van der Waals surface area contributed by atoms with Gasteiger partial charge in [-0.15, -0.1) is 10.2 Å². The molecule has 2 rings (SSSR count). The van der Waals surface area contributed by atoms with Crippen molar-refractivity contribution in [2.24, 2.45) is 0 Å². The maximum absolute atomic E-state index is 12.2. The quantitative estimate of drug-likeness (QED) is 0.788. The van der Waals surface area contributed by atoms with Gasteiger partial charge in [0.05, 0.1) is 0 Å². The van der Waals surface area contributed by atoms with Crippen molar-refractivity contribution in [2.45, 2.75) is 26.8 Å². The number of carbonyl (C=O) groups is 2. The molecule has 0 aliphatic heterocycles. The Hall–Kier alpha value is -2.96. The van der Waals surface area contributed by atoms with E-state index in [9.17, 15) is 9.59 Å². The van der Waals surface area contributed by atoms with Crippen molar-refractivity contribution in [3.63, 3.8) is 0 Å². The molecule has 1 heterocycles. The van der Waals surface area contributed by atoms with Crippen LogP contribution in [-0.4, -0.2) is 28.1 Å². The van der Waals surface area contributed by atoms with Crippen molar-refractivity contribution in [1.82, 2.24) is 10.2 Å². The number of nitrogens with one attached hydrogen (secondary N) is 3. The second-order valence-corrected chi connectivity index (χ2v) is 5.32. The first-order valence-electron chi connectivity index (χ1n) is 7.23. The van der Waals surface area contributed by atoms with Gasteiger partial charge in [-0.2, -0.15) is 0 Å². The molecule has 7 heteroatoms. The van der Waals surface area contributed by atoms with Crippen LogP contribution in [-0.2, 0) is 4.79 Å². The maximum Gasteiger partial charge on any atom is 0.276 e. The molecule has 0 fully saturated rings. The highest BCUT2D eigenvalue weighted by molar-refractivity contribution is 6.03. The Morgan fingerprint density at radius 1 is 1.00 bits per heavy atom. The first-order chi connectivity index (χ1) is 10.9. The van der Waals surface area contributed by atoms with E-state index in [0.29, 0.717) is 17.2 Å². The predicted molar refractivity (Wildman–Crippen MR) is 89.5 cm³/mol. The molecule has 0 spiro atoms. The van der Waals surface area contributed by atoms with Crippen LogP contribution in [0.5, 0.6) is 0 Å². The zero-order chi connectivity index (χ0) is 16.8. The number of anilines is 3. The van der Waals surface area contributed by atoms with E-state index in [1.807, 2.05) is 13.8 Å². The molecule has 0 bridgehead atoms. The molecule has 0 saturated carbocycles. The minimum Gasteiger partial charge on any atom is -0.366 e. The minimum absolute atomic E-state index is 0.174. The number of carbonyl (C=O) groups excluding carboxylic acids is 2. The van der Waals surface area contributed by atoms with Gasteiger partial charge in [0, 0.05) is 24.3 Å². The Kier molecular flexibility index (Phi) is 5.24. The standard InChI is InChI=1S/C16H19N5O2/c1-10(2)17-15-8-7-14(20-21-15)16(23)19-13-6-4-5-12(9-13)18-11(3)22/h4-10H,1-3H3,(H,17,21)(H,18,22)(H,19,23). The van der Waals surface area contributed by atoms with Crippen molar-refractivity contribution in [2.75, 3.05) is 16.0 Å². The fourth-order valence-corrected chi connectivity index (χ4v) is 1.90. The molecule has 0 aliphatic carbocycles. The summed E-state index contributed by atoms with van der Waals surface area (Å²) in [5, 5.41) is 16.3. The molecule has 7 nitrogen and oxygen atoms in total. The Bertz CT molecular complexity index is 698. The zero-order valence-corrected chi connectivity index (χ0v) is 13.3. The van der Waals surface area contributed by atoms with Crippen LogP contribution in [0.3, 0.4) is 0 Å². The van der Waals surface area contributed by atoms with Gasteiger partial charge in [0.2, 0.25) is 5.91 Å². The molecule has 23 heavy (non-hydrogen) atoms. The van der Waals surface area contributed by atoms with Gasteiger partial charge in [0.1, 0.15) is 5.82 Å². The first kappa shape index (κ1) is 16.4. The Morgan fingerprint density at radius 3 is 2.26 bits per heavy atom. The summed E-state index contributed by atoms with van der Waals surface area (Å²) in [5.74, 6) is 0.0744. The van der Waals surface area contributed by atoms with E-state index >= 15 is 0 Å². The summed E-state index contributed by atoms with van der Waals surface area (Å²) in [6.45, 7) is 5.41. The Balaban J connectivity index is 2.05. The van der Waals surface area contributed by atoms with E-state index in [4.69, 9.17) is 0 Å². The highest BCUT2D eigenvalue weighted by atomic mass is 16.2. The molecule has 2 aromatic rings. The SMILES string of the molecule is CC(=O)Nc1cccc(NC(=O)c2ccc(NC(C)C)nn2)c1. The highest BCUT2D eigenvalue weighted by Gasteiger charge is 2.09. The summed E-state index contributed by atoms with van der Waals surface area (Å²) in [6.07, 6.45) is 0. The molecular formula is C16H19N5O2. The fourth-order valence-electron chi connectivity index (χ4n) is 1.90.